The zero-order valence-corrected chi connectivity index (χ0v) is 18.2. The molecule has 0 fully saturated rings. The van der Waals surface area contributed by atoms with Crippen LogP contribution >= 0.6 is 0 Å². The van der Waals surface area contributed by atoms with Crippen molar-refractivity contribution in [1.82, 2.24) is 20.3 Å². The van der Waals surface area contributed by atoms with E-state index in [9.17, 15) is 9.90 Å². The van der Waals surface area contributed by atoms with E-state index in [0.717, 1.165) is 22.5 Å². The van der Waals surface area contributed by atoms with E-state index in [1.807, 2.05) is 54.6 Å². The molecule has 4 aromatic rings. The minimum atomic E-state index is -0.692. The Kier molecular flexibility index (Phi) is 7.02. The summed E-state index contributed by atoms with van der Waals surface area (Å²) >= 11 is 0. The van der Waals surface area contributed by atoms with Gasteiger partial charge in [0.1, 0.15) is 12.1 Å². The van der Waals surface area contributed by atoms with Gasteiger partial charge in [0.15, 0.2) is 0 Å². The van der Waals surface area contributed by atoms with Crippen molar-refractivity contribution in [2.75, 3.05) is 5.32 Å². The normalized spacial score (nSPS) is 12.5. The lowest BCUT2D eigenvalue weighted by Gasteiger charge is -2.22. The zero-order chi connectivity index (χ0) is 23.0. The summed E-state index contributed by atoms with van der Waals surface area (Å²) in [5.41, 5.74) is 3.89. The van der Waals surface area contributed by atoms with E-state index in [1.165, 1.54) is 6.33 Å². The number of carbonyl (C=O) groups excluding carboxylic acids is 1. The van der Waals surface area contributed by atoms with Gasteiger partial charge in [-0.2, -0.15) is 0 Å². The molecular formula is C26H25N5O2. The summed E-state index contributed by atoms with van der Waals surface area (Å²) in [6.07, 6.45) is 4.79. The second-order valence-corrected chi connectivity index (χ2v) is 7.75. The second kappa shape index (κ2) is 10.5. The molecule has 1 amide bonds. The van der Waals surface area contributed by atoms with Gasteiger partial charge in [-0.3, -0.25) is 9.78 Å². The Balaban J connectivity index is 1.46. The van der Waals surface area contributed by atoms with Crippen LogP contribution < -0.4 is 10.6 Å². The molecule has 7 nitrogen and oxygen atoms in total. The van der Waals surface area contributed by atoms with Crippen LogP contribution in [-0.4, -0.2) is 38.1 Å². The van der Waals surface area contributed by atoms with Gasteiger partial charge in [-0.1, -0.05) is 36.4 Å². The monoisotopic (exact) mass is 439 g/mol. The van der Waals surface area contributed by atoms with Crippen molar-refractivity contribution in [2.24, 2.45) is 0 Å². The highest BCUT2D eigenvalue weighted by molar-refractivity contribution is 5.95. The SMILES string of the molecule is C[C@@H](O)[C@H](Cc1ccccc1)NC(=O)c1cccc(Nc2cc(-c3cccnc3)ncn2)c1. The molecule has 2 aromatic heterocycles. The quantitative estimate of drug-likeness (QED) is 0.384. The molecule has 0 saturated heterocycles. The molecule has 0 spiro atoms. The Labute approximate surface area is 192 Å². The molecule has 166 valence electrons. The fraction of sp³-hybridized carbons (Fsp3) is 0.154. The zero-order valence-electron chi connectivity index (χ0n) is 18.2. The minimum Gasteiger partial charge on any atom is -0.391 e. The maximum Gasteiger partial charge on any atom is 0.251 e. The number of aliphatic hydroxyl groups is 1. The number of rotatable bonds is 8. The molecule has 0 aliphatic carbocycles. The van der Waals surface area contributed by atoms with Crippen LogP contribution in [0.3, 0.4) is 0 Å². The number of aliphatic hydroxyl groups excluding tert-OH is 1. The number of aromatic nitrogens is 3. The molecule has 2 atom stereocenters. The summed E-state index contributed by atoms with van der Waals surface area (Å²) in [6.45, 7) is 1.68. The Morgan fingerprint density at radius 1 is 1.00 bits per heavy atom. The fourth-order valence-electron chi connectivity index (χ4n) is 3.45. The van der Waals surface area contributed by atoms with Crippen LogP contribution in [0.1, 0.15) is 22.8 Å². The minimum absolute atomic E-state index is 0.251. The molecule has 0 saturated carbocycles. The highest BCUT2D eigenvalue weighted by Gasteiger charge is 2.19. The number of hydrogen-bond acceptors (Lipinski definition) is 6. The first-order valence-electron chi connectivity index (χ1n) is 10.7. The Hall–Kier alpha value is -4.10. The predicted octanol–water partition coefficient (Wildman–Crippen LogP) is 4.00. The predicted molar refractivity (Wildman–Crippen MR) is 128 cm³/mol. The van der Waals surface area contributed by atoms with Crippen LogP contribution in [0.15, 0.2) is 91.5 Å². The third-order valence-electron chi connectivity index (χ3n) is 5.22. The average Bonchev–Trinajstić information content (AvgIpc) is 2.85. The number of anilines is 2. The summed E-state index contributed by atoms with van der Waals surface area (Å²) < 4.78 is 0. The van der Waals surface area contributed by atoms with Crippen molar-refractivity contribution in [3.05, 3.63) is 103 Å². The van der Waals surface area contributed by atoms with Crippen molar-refractivity contribution in [3.8, 4) is 11.3 Å². The van der Waals surface area contributed by atoms with Gasteiger partial charge in [0.05, 0.1) is 17.8 Å². The summed E-state index contributed by atoms with van der Waals surface area (Å²) in [4.78, 5) is 25.6. The molecule has 4 rings (SSSR count). The van der Waals surface area contributed by atoms with Crippen molar-refractivity contribution < 1.29 is 9.90 Å². The van der Waals surface area contributed by atoms with Gasteiger partial charge in [-0.15, -0.1) is 0 Å². The lowest BCUT2D eigenvalue weighted by atomic mass is 10.0. The molecule has 0 bridgehead atoms. The van der Waals surface area contributed by atoms with Crippen LogP contribution in [0, 0.1) is 0 Å². The first-order chi connectivity index (χ1) is 16.1. The van der Waals surface area contributed by atoms with Crippen molar-refractivity contribution in [3.63, 3.8) is 0 Å². The number of carbonyl (C=O) groups is 1. The molecule has 2 heterocycles. The van der Waals surface area contributed by atoms with Gasteiger partial charge in [0.2, 0.25) is 0 Å². The molecule has 33 heavy (non-hydrogen) atoms. The Morgan fingerprint density at radius 3 is 2.61 bits per heavy atom. The average molecular weight is 440 g/mol. The van der Waals surface area contributed by atoms with Crippen LogP contribution in [0.2, 0.25) is 0 Å². The third kappa shape index (κ3) is 5.99. The number of amides is 1. The first-order valence-corrected chi connectivity index (χ1v) is 10.7. The standard InChI is InChI=1S/C26H25N5O2/c1-18(32)23(13-19-7-3-2-4-8-19)31-26(33)20-9-5-11-22(14-20)30-25-15-24(28-17-29-25)21-10-6-12-27-16-21/h2-12,14-18,23,32H,13H2,1H3,(H,31,33)(H,28,29,30)/t18-,23+/m1/s1. The molecule has 3 N–H and O–H groups in total. The van der Waals surface area contributed by atoms with Gasteiger partial charge in [-0.25, -0.2) is 9.97 Å². The maximum absolute atomic E-state index is 12.9. The van der Waals surface area contributed by atoms with Gasteiger partial charge in [0.25, 0.3) is 5.91 Å². The molecular weight excluding hydrogens is 414 g/mol. The molecule has 7 heteroatoms. The van der Waals surface area contributed by atoms with Crippen LogP contribution in [0.4, 0.5) is 11.5 Å². The number of pyridine rings is 1. The third-order valence-corrected chi connectivity index (χ3v) is 5.22. The van der Waals surface area contributed by atoms with E-state index in [1.54, 1.807) is 37.5 Å². The van der Waals surface area contributed by atoms with E-state index in [4.69, 9.17) is 0 Å². The second-order valence-electron chi connectivity index (χ2n) is 7.75. The molecule has 0 unspecified atom stereocenters. The Morgan fingerprint density at radius 2 is 1.85 bits per heavy atom. The number of nitrogens with one attached hydrogen (secondary N) is 2. The number of nitrogens with zero attached hydrogens (tertiary/aromatic N) is 3. The van der Waals surface area contributed by atoms with Crippen LogP contribution in [0.5, 0.6) is 0 Å². The van der Waals surface area contributed by atoms with Gasteiger partial charge in [-0.05, 0) is 49.2 Å². The van der Waals surface area contributed by atoms with E-state index in [-0.39, 0.29) is 5.91 Å². The number of benzene rings is 2. The largest absolute Gasteiger partial charge is 0.391 e. The van der Waals surface area contributed by atoms with E-state index in [0.29, 0.717) is 17.8 Å². The summed E-state index contributed by atoms with van der Waals surface area (Å²) in [6, 6.07) is 22.1. The van der Waals surface area contributed by atoms with Crippen LogP contribution in [-0.2, 0) is 6.42 Å². The smallest absolute Gasteiger partial charge is 0.251 e. The van der Waals surface area contributed by atoms with E-state index < -0.39 is 12.1 Å². The molecule has 0 aliphatic rings. The van der Waals surface area contributed by atoms with Gasteiger partial charge in [0, 0.05) is 35.3 Å². The lowest BCUT2D eigenvalue weighted by Crippen LogP contribution is -2.43. The van der Waals surface area contributed by atoms with Crippen molar-refractivity contribution >= 4 is 17.4 Å². The number of hydrogen-bond donors (Lipinski definition) is 3. The van der Waals surface area contributed by atoms with Crippen molar-refractivity contribution in [2.45, 2.75) is 25.5 Å². The molecule has 0 radical (unpaired) electrons. The summed E-state index contributed by atoms with van der Waals surface area (Å²) in [5.74, 6) is 0.353. The summed E-state index contributed by atoms with van der Waals surface area (Å²) in [5, 5.41) is 16.4. The van der Waals surface area contributed by atoms with Crippen LogP contribution in [0.25, 0.3) is 11.3 Å². The van der Waals surface area contributed by atoms with Gasteiger partial charge >= 0.3 is 0 Å². The van der Waals surface area contributed by atoms with Gasteiger partial charge < -0.3 is 15.7 Å². The topological polar surface area (TPSA) is 100 Å². The van der Waals surface area contributed by atoms with E-state index >= 15 is 0 Å². The van der Waals surface area contributed by atoms with Crippen molar-refractivity contribution in [1.29, 1.82) is 0 Å². The summed E-state index contributed by atoms with van der Waals surface area (Å²) in [7, 11) is 0. The highest BCUT2D eigenvalue weighted by Crippen LogP contribution is 2.21. The molecule has 0 aliphatic heterocycles. The molecule has 2 aromatic carbocycles. The van der Waals surface area contributed by atoms with E-state index in [2.05, 4.69) is 25.6 Å². The maximum atomic E-state index is 12.9. The highest BCUT2D eigenvalue weighted by atomic mass is 16.3. The first kappa shape index (κ1) is 22.1. The fourth-order valence-corrected chi connectivity index (χ4v) is 3.45. The lowest BCUT2D eigenvalue weighted by molar-refractivity contribution is 0.0859. The Bertz CT molecular complexity index is 1200.